The van der Waals surface area contributed by atoms with Gasteiger partial charge in [-0.3, -0.25) is 4.79 Å². The van der Waals surface area contributed by atoms with Crippen LogP contribution in [0.2, 0.25) is 0 Å². The van der Waals surface area contributed by atoms with Crippen molar-refractivity contribution < 1.29 is 27.5 Å². The summed E-state index contributed by atoms with van der Waals surface area (Å²) in [5.41, 5.74) is -1.47. The van der Waals surface area contributed by atoms with Crippen molar-refractivity contribution in [1.29, 1.82) is 0 Å². The highest BCUT2D eigenvalue weighted by Gasteiger charge is 2.51. The smallest absolute Gasteiger partial charge is 0.417 e. The van der Waals surface area contributed by atoms with E-state index in [9.17, 15) is 22.8 Å². The molecule has 2 atom stereocenters. The summed E-state index contributed by atoms with van der Waals surface area (Å²) < 4.78 is 44.0. The Labute approximate surface area is 156 Å². The minimum absolute atomic E-state index is 0.0367. The van der Waals surface area contributed by atoms with Gasteiger partial charge in [0.15, 0.2) is 6.61 Å². The molecule has 1 aromatic carbocycles. The monoisotopic (exact) mass is 383 g/mol. The van der Waals surface area contributed by atoms with Crippen molar-refractivity contribution in [2.45, 2.75) is 52.3 Å². The molecule has 0 spiro atoms. The third-order valence-corrected chi connectivity index (χ3v) is 5.51. The molecule has 7 heteroatoms. The second-order valence-corrected chi connectivity index (χ2v) is 8.85. The van der Waals surface area contributed by atoms with Gasteiger partial charge in [0.1, 0.15) is 0 Å². The minimum atomic E-state index is -4.66. The highest BCUT2D eigenvalue weighted by Crippen LogP contribution is 2.52. The maximum absolute atomic E-state index is 13.0. The van der Waals surface area contributed by atoms with E-state index >= 15 is 0 Å². The van der Waals surface area contributed by atoms with Gasteiger partial charge in [-0.2, -0.15) is 13.2 Å². The van der Waals surface area contributed by atoms with E-state index in [1.807, 2.05) is 0 Å². The Kier molecular flexibility index (Phi) is 4.77. The predicted molar refractivity (Wildman–Crippen MR) is 93.0 cm³/mol. The Balaban J connectivity index is 1.66. The summed E-state index contributed by atoms with van der Waals surface area (Å²) in [5, 5.41) is 0. The number of ether oxygens (including phenoxy) is 1. The Morgan fingerprint density at radius 2 is 1.85 bits per heavy atom. The van der Waals surface area contributed by atoms with Crippen LogP contribution in [0, 0.1) is 10.8 Å². The van der Waals surface area contributed by atoms with E-state index in [4.69, 9.17) is 4.74 Å². The molecule has 1 aliphatic heterocycles. The van der Waals surface area contributed by atoms with Crippen molar-refractivity contribution in [1.82, 2.24) is 4.90 Å². The number of hydrogen-bond acceptors (Lipinski definition) is 3. The van der Waals surface area contributed by atoms with Crippen molar-refractivity contribution in [2.75, 3.05) is 13.2 Å². The summed E-state index contributed by atoms with van der Waals surface area (Å²) in [6, 6.07) is 4.51. The Bertz CT molecular complexity index is 759. The molecule has 2 aliphatic rings. The van der Waals surface area contributed by atoms with Crippen molar-refractivity contribution in [3.05, 3.63) is 35.4 Å². The second kappa shape index (κ2) is 6.53. The largest absolute Gasteiger partial charge is 0.452 e. The molecule has 1 saturated heterocycles. The zero-order valence-electron chi connectivity index (χ0n) is 15.7. The summed E-state index contributed by atoms with van der Waals surface area (Å²) >= 11 is 0. The molecule has 0 radical (unpaired) electrons. The molecule has 27 heavy (non-hydrogen) atoms. The average molecular weight is 383 g/mol. The first-order chi connectivity index (χ1) is 12.4. The van der Waals surface area contributed by atoms with Gasteiger partial charge >= 0.3 is 12.1 Å². The molecule has 1 amide bonds. The molecule has 1 saturated carbocycles. The normalized spacial score (nSPS) is 26.7. The lowest BCUT2D eigenvalue weighted by Crippen LogP contribution is -2.39. The van der Waals surface area contributed by atoms with Gasteiger partial charge in [0.25, 0.3) is 5.91 Å². The van der Waals surface area contributed by atoms with Gasteiger partial charge in [0.05, 0.1) is 11.1 Å². The Hall–Kier alpha value is -2.05. The molecule has 1 heterocycles. The summed E-state index contributed by atoms with van der Waals surface area (Å²) in [6.45, 7) is 6.56. The average Bonchev–Trinajstić information content (AvgIpc) is 2.80. The molecular formula is C20H24F3NO3. The van der Waals surface area contributed by atoms with Crippen LogP contribution >= 0.6 is 0 Å². The first-order valence-electron chi connectivity index (χ1n) is 9.03. The predicted octanol–water partition coefficient (Wildman–Crippen LogP) is 4.29. The summed E-state index contributed by atoms with van der Waals surface area (Å²) in [5.74, 6) is -1.48. The molecule has 3 rings (SSSR count). The molecule has 4 nitrogen and oxygen atoms in total. The van der Waals surface area contributed by atoms with E-state index in [0.717, 1.165) is 31.4 Å². The first-order valence-corrected chi connectivity index (χ1v) is 9.03. The quantitative estimate of drug-likeness (QED) is 0.732. The first kappa shape index (κ1) is 19.7. The fourth-order valence-corrected chi connectivity index (χ4v) is 4.95. The SMILES string of the molecule is CC1(C)C[C@@H]2C[C@@](C)(CN2C(=O)COC(=O)c2ccccc2C(F)(F)F)C1. The number of rotatable bonds is 3. The van der Waals surface area contributed by atoms with Crippen LogP contribution in [0.1, 0.15) is 56.0 Å². The van der Waals surface area contributed by atoms with Crippen molar-refractivity contribution in [2.24, 2.45) is 10.8 Å². The Morgan fingerprint density at radius 3 is 2.52 bits per heavy atom. The number of hydrogen-bond donors (Lipinski definition) is 0. The van der Waals surface area contributed by atoms with Crippen molar-refractivity contribution >= 4 is 11.9 Å². The van der Waals surface area contributed by atoms with E-state index in [2.05, 4.69) is 20.8 Å². The van der Waals surface area contributed by atoms with E-state index in [1.54, 1.807) is 4.90 Å². The van der Waals surface area contributed by atoms with Crippen LogP contribution in [0.5, 0.6) is 0 Å². The second-order valence-electron chi connectivity index (χ2n) is 8.85. The van der Waals surface area contributed by atoms with Crippen LogP contribution in [0.15, 0.2) is 24.3 Å². The zero-order valence-corrected chi connectivity index (χ0v) is 15.7. The molecule has 0 unspecified atom stereocenters. The maximum Gasteiger partial charge on any atom is 0.417 e. The third-order valence-electron chi connectivity index (χ3n) is 5.51. The fourth-order valence-electron chi connectivity index (χ4n) is 4.95. The number of amides is 1. The number of benzene rings is 1. The van der Waals surface area contributed by atoms with Gasteiger partial charge in [-0.25, -0.2) is 4.79 Å². The number of alkyl halides is 3. The fraction of sp³-hybridized carbons (Fsp3) is 0.600. The molecule has 1 aromatic rings. The standard InChI is InChI=1S/C20H24F3NO3/c1-18(2)8-13-9-19(3,11-18)12-24(13)16(25)10-27-17(26)14-6-4-5-7-15(14)20(21,22)23/h4-7,13H,8-12H2,1-3H3/t13-,19-/m1/s1. The van der Waals surface area contributed by atoms with Gasteiger partial charge in [-0.05, 0) is 42.2 Å². The maximum atomic E-state index is 13.0. The van der Waals surface area contributed by atoms with E-state index < -0.39 is 29.9 Å². The molecule has 2 fully saturated rings. The number of halogens is 3. The van der Waals surface area contributed by atoms with Crippen molar-refractivity contribution in [3.63, 3.8) is 0 Å². The number of fused-ring (bicyclic) bond motifs is 2. The van der Waals surface area contributed by atoms with Crippen LogP contribution in [-0.2, 0) is 15.7 Å². The molecule has 0 N–H and O–H groups in total. The van der Waals surface area contributed by atoms with Gasteiger partial charge in [-0.15, -0.1) is 0 Å². The highest BCUT2D eigenvalue weighted by molar-refractivity contribution is 5.93. The van der Waals surface area contributed by atoms with Gasteiger partial charge in [0, 0.05) is 12.6 Å². The lowest BCUT2D eigenvalue weighted by molar-refractivity contribution is -0.138. The number of nitrogens with zero attached hydrogens (tertiary/aromatic N) is 1. The lowest BCUT2D eigenvalue weighted by atomic mass is 9.65. The third kappa shape index (κ3) is 4.12. The zero-order chi connectivity index (χ0) is 20.0. The molecule has 2 bridgehead atoms. The number of esters is 1. The van der Waals surface area contributed by atoms with Crippen molar-refractivity contribution in [3.8, 4) is 0 Å². The van der Waals surface area contributed by atoms with Crippen LogP contribution in [0.4, 0.5) is 13.2 Å². The lowest BCUT2D eigenvalue weighted by Gasteiger charge is -2.39. The Morgan fingerprint density at radius 1 is 1.19 bits per heavy atom. The molecule has 1 aliphatic carbocycles. The van der Waals surface area contributed by atoms with Gasteiger partial charge < -0.3 is 9.64 Å². The number of carbonyl (C=O) groups excluding carboxylic acids is 2. The van der Waals surface area contributed by atoms with E-state index in [-0.39, 0.29) is 22.8 Å². The highest BCUT2D eigenvalue weighted by atomic mass is 19.4. The topological polar surface area (TPSA) is 46.6 Å². The minimum Gasteiger partial charge on any atom is -0.452 e. The summed E-state index contributed by atoms with van der Waals surface area (Å²) in [7, 11) is 0. The van der Waals surface area contributed by atoms with Gasteiger partial charge in [-0.1, -0.05) is 32.9 Å². The molecule has 0 aromatic heterocycles. The van der Waals surface area contributed by atoms with E-state index in [0.29, 0.717) is 6.54 Å². The van der Waals surface area contributed by atoms with Gasteiger partial charge in [0.2, 0.25) is 0 Å². The number of carbonyl (C=O) groups is 2. The van der Waals surface area contributed by atoms with Crippen LogP contribution < -0.4 is 0 Å². The molecular weight excluding hydrogens is 359 g/mol. The van der Waals surface area contributed by atoms with Crippen LogP contribution in [0.25, 0.3) is 0 Å². The molecule has 148 valence electrons. The number of likely N-dealkylation sites (tertiary alicyclic amines) is 1. The van der Waals surface area contributed by atoms with Crippen LogP contribution in [0.3, 0.4) is 0 Å². The summed E-state index contributed by atoms with van der Waals surface area (Å²) in [4.78, 5) is 26.5. The summed E-state index contributed by atoms with van der Waals surface area (Å²) in [6.07, 6.45) is -1.86. The van der Waals surface area contributed by atoms with E-state index in [1.165, 1.54) is 12.1 Å². The van der Waals surface area contributed by atoms with Crippen LogP contribution in [-0.4, -0.2) is 36.0 Å².